The number of carbonyl (C=O) groups is 2. The number of rotatable bonds is 8. The van der Waals surface area contributed by atoms with Crippen molar-refractivity contribution in [3.8, 4) is 0 Å². The summed E-state index contributed by atoms with van der Waals surface area (Å²) in [5.41, 5.74) is 1.21. The van der Waals surface area contributed by atoms with Crippen molar-refractivity contribution in [2.75, 3.05) is 7.05 Å². The third-order valence-corrected chi connectivity index (χ3v) is 7.13. The zero-order valence-electron chi connectivity index (χ0n) is 24.6. The first-order chi connectivity index (χ1) is 20.1. The molecule has 1 N–H and O–H groups in total. The maximum absolute atomic E-state index is 14.2. The molecular formula is C34H36N4O4. The van der Waals surface area contributed by atoms with E-state index in [9.17, 15) is 9.59 Å². The standard InChI is InChI=1S/C34H36N4O4/c1-22-35-31(42-37-22)30(21-24-15-17-26-11-7-9-13-28(26)19-24)38(5)32(39)29(36-33(40)41-34(2,3)4)20-23-14-16-25-10-6-8-12-27(25)18-23/h6-19,29-30H,20-21H2,1-5H3,(H,36,40). The number of ether oxygens (including phenoxy) is 1. The highest BCUT2D eigenvalue weighted by Crippen LogP contribution is 2.27. The van der Waals surface area contributed by atoms with Crippen molar-refractivity contribution in [2.45, 2.75) is 58.2 Å². The summed E-state index contributed by atoms with van der Waals surface area (Å²) in [6, 6.07) is 27.0. The Morgan fingerprint density at radius 2 is 1.40 bits per heavy atom. The number of nitrogens with one attached hydrogen (secondary N) is 1. The van der Waals surface area contributed by atoms with Crippen LogP contribution in [0.15, 0.2) is 89.5 Å². The molecule has 4 aromatic carbocycles. The third-order valence-electron chi connectivity index (χ3n) is 7.13. The summed E-state index contributed by atoms with van der Waals surface area (Å²) in [5, 5.41) is 11.2. The molecule has 0 aliphatic carbocycles. The van der Waals surface area contributed by atoms with Gasteiger partial charge >= 0.3 is 6.09 Å². The zero-order chi connectivity index (χ0) is 29.9. The molecule has 0 bridgehead atoms. The monoisotopic (exact) mass is 564 g/mol. The van der Waals surface area contributed by atoms with E-state index < -0.39 is 23.8 Å². The summed E-state index contributed by atoms with van der Waals surface area (Å²) in [6.07, 6.45) is 0.0672. The first-order valence-electron chi connectivity index (χ1n) is 14.1. The number of alkyl carbamates (subject to hydrolysis) is 1. The lowest BCUT2D eigenvalue weighted by Gasteiger charge is -2.30. The van der Waals surface area contributed by atoms with Crippen molar-refractivity contribution in [3.63, 3.8) is 0 Å². The van der Waals surface area contributed by atoms with Crippen LogP contribution in [0, 0.1) is 6.92 Å². The Kier molecular flexibility index (Phi) is 8.24. The van der Waals surface area contributed by atoms with Crippen LogP contribution in [-0.4, -0.2) is 45.7 Å². The Bertz CT molecular complexity index is 1720. The molecule has 0 aliphatic rings. The number of carbonyl (C=O) groups excluding carboxylic acids is 2. The zero-order valence-corrected chi connectivity index (χ0v) is 24.6. The number of hydrogen-bond donors (Lipinski definition) is 1. The number of aryl methyl sites for hydroxylation is 1. The Morgan fingerprint density at radius 3 is 1.93 bits per heavy atom. The van der Waals surface area contributed by atoms with Gasteiger partial charge in [-0.05, 0) is 60.4 Å². The van der Waals surface area contributed by atoms with E-state index in [1.54, 1.807) is 39.6 Å². The maximum Gasteiger partial charge on any atom is 0.408 e. The number of benzene rings is 4. The quantitative estimate of drug-likeness (QED) is 0.229. The summed E-state index contributed by atoms with van der Waals surface area (Å²) in [4.78, 5) is 33.2. The van der Waals surface area contributed by atoms with Crippen molar-refractivity contribution in [2.24, 2.45) is 0 Å². The van der Waals surface area contributed by atoms with Gasteiger partial charge in [-0.15, -0.1) is 0 Å². The third kappa shape index (κ3) is 6.94. The number of aromatic nitrogens is 2. The van der Waals surface area contributed by atoms with E-state index in [0.717, 1.165) is 32.7 Å². The van der Waals surface area contributed by atoms with Gasteiger partial charge in [-0.25, -0.2) is 4.79 Å². The molecule has 0 saturated carbocycles. The van der Waals surface area contributed by atoms with Crippen molar-refractivity contribution in [3.05, 3.63) is 108 Å². The molecule has 1 heterocycles. The van der Waals surface area contributed by atoms with Crippen LogP contribution < -0.4 is 5.32 Å². The molecule has 0 spiro atoms. The van der Waals surface area contributed by atoms with Crippen molar-refractivity contribution in [1.29, 1.82) is 0 Å². The molecular weight excluding hydrogens is 528 g/mol. The average molecular weight is 565 g/mol. The molecule has 2 amide bonds. The van der Waals surface area contributed by atoms with E-state index >= 15 is 0 Å². The van der Waals surface area contributed by atoms with Crippen LogP contribution in [0.3, 0.4) is 0 Å². The molecule has 5 rings (SSSR count). The predicted molar refractivity (Wildman–Crippen MR) is 163 cm³/mol. The summed E-state index contributed by atoms with van der Waals surface area (Å²) >= 11 is 0. The maximum atomic E-state index is 14.2. The van der Waals surface area contributed by atoms with Gasteiger partial charge in [0.15, 0.2) is 5.82 Å². The van der Waals surface area contributed by atoms with E-state index in [1.807, 2.05) is 60.7 Å². The first-order valence-corrected chi connectivity index (χ1v) is 14.1. The van der Waals surface area contributed by atoms with Crippen LogP contribution in [0.25, 0.3) is 21.5 Å². The lowest BCUT2D eigenvalue weighted by molar-refractivity contribution is -0.135. The van der Waals surface area contributed by atoms with Crippen molar-refractivity contribution in [1.82, 2.24) is 20.4 Å². The lowest BCUT2D eigenvalue weighted by atomic mass is 9.98. The summed E-state index contributed by atoms with van der Waals surface area (Å²) in [5.74, 6) is 0.517. The van der Waals surface area contributed by atoms with E-state index in [4.69, 9.17) is 9.26 Å². The molecule has 0 saturated heterocycles. The predicted octanol–water partition coefficient (Wildman–Crippen LogP) is 6.56. The van der Waals surface area contributed by atoms with Crippen LogP contribution >= 0.6 is 0 Å². The van der Waals surface area contributed by atoms with Gasteiger partial charge in [0.1, 0.15) is 17.7 Å². The number of hydrogen-bond acceptors (Lipinski definition) is 6. The minimum atomic E-state index is -0.894. The summed E-state index contributed by atoms with van der Waals surface area (Å²) in [6.45, 7) is 7.11. The van der Waals surface area contributed by atoms with E-state index in [-0.39, 0.29) is 12.3 Å². The molecule has 2 unspecified atom stereocenters. The van der Waals surface area contributed by atoms with Crippen LogP contribution in [0.1, 0.15) is 49.7 Å². The average Bonchev–Trinajstić information content (AvgIpc) is 3.39. The molecule has 216 valence electrons. The molecule has 0 radical (unpaired) electrons. The van der Waals surface area contributed by atoms with Gasteiger partial charge in [0, 0.05) is 19.9 Å². The van der Waals surface area contributed by atoms with Gasteiger partial charge in [0.25, 0.3) is 0 Å². The van der Waals surface area contributed by atoms with Crippen molar-refractivity contribution >= 4 is 33.5 Å². The van der Waals surface area contributed by atoms with Crippen LogP contribution in [0.2, 0.25) is 0 Å². The number of likely N-dealkylation sites (N-methyl/N-ethyl adjacent to an activating group) is 1. The number of amides is 2. The molecule has 0 aliphatic heterocycles. The van der Waals surface area contributed by atoms with Gasteiger partial charge in [-0.1, -0.05) is 90.1 Å². The highest BCUT2D eigenvalue weighted by atomic mass is 16.6. The number of fused-ring (bicyclic) bond motifs is 2. The highest BCUT2D eigenvalue weighted by Gasteiger charge is 2.33. The van der Waals surface area contributed by atoms with Crippen LogP contribution in [-0.2, 0) is 22.4 Å². The topological polar surface area (TPSA) is 97.6 Å². The minimum Gasteiger partial charge on any atom is -0.444 e. The Balaban J connectivity index is 1.46. The summed E-state index contributed by atoms with van der Waals surface area (Å²) in [7, 11) is 1.71. The first kappa shape index (κ1) is 28.8. The molecule has 8 nitrogen and oxygen atoms in total. The number of nitrogens with zero attached hydrogens (tertiary/aromatic N) is 3. The van der Waals surface area contributed by atoms with Gasteiger partial charge < -0.3 is 19.5 Å². The molecule has 1 aromatic heterocycles. The fourth-order valence-corrected chi connectivity index (χ4v) is 5.08. The van der Waals surface area contributed by atoms with Crippen LogP contribution in [0.5, 0.6) is 0 Å². The van der Waals surface area contributed by atoms with E-state index in [2.05, 4.69) is 39.7 Å². The fourth-order valence-electron chi connectivity index (χ4n) is 5.08. The molecule has 42 heavy (non-hydrogen) atoms. The second kappa shape index (κ2) is 12.0. The Labute approximate surface area is 245 Å². The van der Waals surface area contributed by atoms with Gasteiger partial charge in [0.2, 0.25) is 11.8 Å². The second-order valence-electron chi connectivity index (χ2n) is 11.6. The Hall–Kier alpha value is -4.72. The highest BCUT2D eigenvalue weighted by molar-refractivity contribution is 5.87. The molecule has 0 fully saturated rings. The molecule has 8 heteroatoms. The van der Waals surface area contributed by atoms with Gasteiger partial charge in [-0.2, -0.15) is 4.98 Å². The summed E-state index contributed by atoms with van der Waals surface area (Å²) < 4.78 is 11.1. The van der Waals surface area contributed by atoms with Crippen molar-refractivity contribution < 1.29 is 18.8 Å². The smallest absolute Gasteiger partial charge is 0.408 e. The van der Waals surface area contributed by atoms with E-state index in [1.165, 1.54) is 0 Å². The fraction of sp³-hybridized carbons (Fsp3) is 0.294. The normalized spacial score (nSPS) is 13.1. The Morgan fingerprint density at radius 1 is 0.857 bits per heavy atom. The molecule has 5 aromatic rings. The van der Waals surface area contributed by atoms with Crippen LogP contribution in [0.4, 0.5) is 4.79 Å². The van der Waals surface area contributed by atoms with Gasteiger partial charge in [-0.3, -0.25) is 4.79 Å². The van der Waals surface area contributed by atoms with E-state index in [0.29, 0.717) is 18.1 Å². The SMILES string of the molecule is Cc1noc(C(Cc2ccc3ccccc3c2)N(C)C(=O)C(Cc2ccc3ccccc3c2)NC(=O)OC(C)(C)C)n1. The molecule has 2 atom stereocenters. The minimum absolute atomic E-state index is 0.277. The lowest BCUT2D eigenvalue weighted by Crippen LogP contribution is -2.50. The largest absolute Gasteiger partial charge is 0.444 e. The second-order valence-corrected chi connectivity index (χ2v) is 11.6. The van der Waals surface area contributed by atoms with Gasteiger partial charge in [0.05, 0.1) is 0 Å².